The molecule has 0 saturated heterocycles. The number of aliphatic hydroxyl groups is 1. The second-order valence-corrected chi connectivity index (χ2v) is 6.18. The Hall–Kier alpha value is 0.640. The molecule has 0 saturated carbocycles. The fourth-order valence-electron chi connectivity index (χ4n) is 1.20. The summed E-state index contributed by atoms with van der Waals surface area (Å²) in [7, 11) is 1.57. The van der Waals surface area contributed by atoms with Gasteiger partial charge in [0.2, 0.25) is 0 Å². The van der Waals surface area contributed by atoms with Crippen molar-refractivity contribution in [3.05, 3.63) is 21.8 Å². The first-order chi connectivity index (χ1) is 7.45. The average molecular weight is 558 g/mol. The predicted molar refractivity (Wildman–Crippen MR) is 88.3 cm³/mol. The van der Waals surface area contributed by atoms with Crippen molar-refractivity contribution in [3.8, 4) is 0 Å². The Kier molecular flexibility index (Phi) is 5.51. The van der Waals surface area contributed by atoms with E-state index in [9.17, 15) is 9.90 Å². The lowest BCUT2D eigenvalue weighted by molar-refractivity contribution is 0.0961. The van der Waals surface area contributed by atoms with E-state index in [4.69, 9.17) is 5.73 Å². The summed E-state index contributed by atoms with van der Waals surface area (Å²) in [5.74, 6) is -0.188. The molecule has 1 aromatic carbocycles. The van der Waals surface area contributed by atoms with Gasteiger partial charge in [0.15, 0.2) is 0 Å². The zero-order valence-corrected chi connectivity index (χ0v) is 14.7. The van der Waals surface area contributed by atoms with Gasteiger partial charge in [0.1, 0.15) is 0 Å². The van der Waals surface area contributed by atoms with Crippen molar-refractivity contribution in [1.29, 1.82) is 0 Å². The van der Waals surface area contributed by atoms with Crippen LogP contribution >= 0.6 is 67.8 Å². The number of nitrogen functional groups attached to an aromatic ring is 1. The Morgan fingerprint density at radius 3 is 2.31 bits per heavy atom. The summed E-state index contributed by atoms with van der Waals surface area (Å²) in [5.41, 5.74) is 7.70. The van der Waals surface area contributed by atoms with Gasteiger partial charge in [-0.05, 0) is 67.8 Å². The first kappa shape index (κ1) is 14.7. The van der Waals surface area contributed by atoms with Gasteiger partial charge < -0.3 is 16.2 Å². The molecule has 0 fully saturated rings. The fraction of sp³-hybridized carbons (Fsp3) is 0.222. The number of amides is 1. The molecule has 0 aliphatic heterocycles. The maximum absolute atomic E-state index is 11.7. The van der Waals surface area contributed by atoms with Gasteiger partial charge in [-0.15, -0.1) is 0 Å². The van der Waals surface area contributed by atoms with Crippen LogP contribution in [-0.2, 0) is 6.61 Å². The van der Waals surface area contributed by atoms with E-state index < -0.39 is 0 Å². The molecule has 4 nitrogen and oxygen atoms in total. The first-order valence-corrected chi connectivity index (χ1v) is 7.47. The summed E-state index contributed by atoms with van der Waals surface area (Å²) in [4.78, 5) is 11.7. The summed E-state index contributed by atoms with van der Waals surface area (Å²) in [5, 5.41) is 11.9. The minimum Gasteiger partial charge on any atom is -0.397 e. The lowest BCUT2D eigenvalue weighted by Crippen LogP contribution is -2.22. The second-order valence-electron chi connectivity index (χ2n) is 2.95. The topological polar surface area (TPSA) is 75.4 Å². The van der Waals surface area contributed by atoms with Crippen LogP contribution in [0.4, 0.5) is 5.69 Å². The molecule has 0 spiro atoms. The Labute approximate surface area is 134 Å². The Balaban J connectivity index is 3.62. The van der Waals surface area contributed by atoms with Crippen LogP contribution < -0.4 is 11.1 Å². The maximum Gasteiger partial charge on any atom is 0.253 e. The largest absolute Gasteiger partial charge is 0.397 e. The van der Waals surface area contributed by atoms with Crippen LogP contribution in [0, 0.1) is 10.7 Å². The summed E-state index contributed by atoms with van der Waals surface area (Å²) in [6.45, 7) is -0.123. The molecular weight excluding hydrogens is 549 g/mol. The Morgan fingerprint density at radius 1 is 1.31 bits per heavy atom. The number of nitrogens with two attached hydrogens (primary N) is 1. The molecule has 0 atom stereocenters. The Morgan fingerprint density at radius 2 is 1.88 bits per heavy atom. The predicted octanol–water partition coefficient (Wildman–Crippen LogP) is 1.93. The van der Waals surface area contributed by atoms with Gasteiger partial charge in [0.25, 0.3) is 5.91 Å². The molecule has 1 aromatic rings. The maximum atomic E-state index is 11.7. The van der Waals surface area contributed by atoms with E-state index in [1.807, 2.05) is 0 Å². The van der Waals surface area contributed by atoms with Gasteiger partial charge in [-0.1, -0.05) is 0 Å². The van der Waals surface area contributed by atoms with Gasteiger partial charge in [-0.25, -0.2) is 0 Å². The van der Waals surface area contributed by atoms with E-state index >= 15 is 0 Å². The highest BCUT2D eigenvalue weighted by atomic mass is 127. The van der Waals surface area contributed by atoms with Crippen LogP contribution in [0.1, 0.15) is 15.9 Å². The molecule has 16 heavy (non-hydrogen) atoms. The molecule has 0 radical (unpaired) electrons. The van der Waals surface area contributed by atoms with E-state index in [0.717, 1.165) is 10.7 Å². The molecule has 7 heteroatoms. The summed E-state index contributed by atoms with van der Waals surface area (Å²) >= 11 is 6.19. The number of nitrogens with one attached hydrogen (secondary N) is 1. The molecule has 88 valence electrons. The van der Waals surface area contributed by atoms with Crippen LogP contribution in [0.2, 0.25) is 0 Å². The van der Waals surface area contributed by atoms with E-state index in [2.05, 4.69) is 73.1 Å². The molecular formula is C9H9I3N2O2. The number of carbonyl (C=O) groups is 1. The van der Waals surface area contributed by atoms with Crippen molar-refractivity contribution in [2.45, 2.75) is 6.61 Å². The monoisotopic (exact) mass is 558 g/mol. The summed E-state index contributed by atoms with van der Waals surface area (Å²) in [6.07, 6.45) is 0. The standard InChI is InChI=1S/C9H9I3N2O2/c1-14-9(16)4-5(10)3(2-15)6(11)8(13)7(4)12/h15H,2,13H2,1H3,(H,14,16). The van der Waals surface area contributed by atoms with E-state index in [-0.39, 0.29) is 12.5 Å². The van der Waals surface area contributed by atoms with Crippen molar-refractivity contribution in [3.63, 3.8) is 0 Å². The quantitative estimate of drug-likeness (QED) is 0.384. The SMILES string of the molecule is CNC(=O)c1c(I)c(N)c(I)c(CO)c1I. The second kappa shape index (κ2) is 6.00. The van der Waals surface area contributed by atoms with E-state index in [1.54, 1.807) is 7.05 Å². The number of rotatable bonds is 2. The molecule has 4 N–H and O–H groups in total. The van der Waals surface area contributed by atoms with Crippen LogP contribution in [0.15, 0.2) is 0 Å². The van der Waals surface area contributed by atoms with Crippen molar-refractivity contribution in [2.24, 2.45) is 0 Å². The number of benzene rings is 1. The third kappa shape index (κ3) is 2.56. The van der Waals surface area contributed by atoms with Crippen molar-refractivity contribution in [1.82, 2.24) is 5.32 Å². The van der Waals surface area contributed by atoms with Crippen molar-refractivity contribution >= 4 is 79.4 Å². The number of aliphatic hydroxyl groups excluding tert-OH is 1. The molecule has 0 aliphatic rings. The van der Waals surface area contributed by atoms with Crippen LogP contribution in [0.25, 0.3) is 0 Å². The van der Waals surface area contributed by atoms with E-state index in [0.29, 0.717) is 16.8 Å². The minimum atomic E-state index is -0.188. The smallest absolute Gasteiger partial charge is 0.253 e. The average Bonchev–Trinajstić information content (AvgIpc) is 2.27. The zero-order valence-electron chi connectivity index (χ0n) is 8.27. The minimum absolute atomic E-state index is 0.123. The number of hydrogen-bond donors (Lipinski definition) is 3. The number of hydrogen-bond acceptors (Lipinski definition) is 3. The van der Waals surface area contributed by atoms with Crippen LogP contribution in [0.3, 0.4) is 0 Å². The molecule has 0 heterocycles. The van der Waals surface area contributed by atoms with Gasteiger partial charge in [-0.2, -0.15) is 0 Å². The highest BCUT2D eigenvalue weighted by molar-refractivity contribution is 14.1. The van der Waals surface area contributed by atoms with Gasteiger partial charge in [0, 0.05) is 19.8 Å². The van der Waals surface area contributed by atoms with E-state index in [1.165, 1.54) is 0 Å². The molecule has 1 amide bonds. The van der Waals surface area contributed by atoms with Crippen LogP contribution in [-0.4, -0.2) is 18.1 Å². The number of halogens is 3. The number of anilines is 1. The molecule has 1 rings (SSSR count). The zero-order chi connectivity index (χ0) is 12.5. The lowest BCUT2D eigenvalue weighted by Gasteiger charge is -2.15. The fourth-order valence-corrected chi connectivity index (χ4v) is 5.20. The lowest BCUT2D eigenvalue weighted by atomic mass is 10.1. The van der Waals surface area contributed by atoms with Crippen molar-refractivity contribution < 1.29 is 9.90 Å². The third-order valence-electron chi connectivity index (χ3n) is 2.05. The first-order valence-electron chi connectivity index (χ1n) is 4.23. The van der Waals surface area contributed by atoms with Gasteiger partial charge in [0.05, 0.1) is 21.4 Å². The molecule has 0 aliphatic carbocycles. The van der Waals surface area contributed by atoms with Gasteiger partial charge >= 0.3 is 0 Å². The van der Waals surface area contributed by atoms with Crippen LogP contribution in [0.5, 0.6) is 0 Å². The molecule has 0 unspecified atom stereocenters. The summed E-state index contributed by atoms with van der Waals surface area (Å²) < 4.78 is 2.28. The highest BCUT2D eigenvalue weighted by Crippen LogP contribution is 2.33. The molecule has 0 aromatic heterocycles. The highest BCUT2D eigenvalue weighted by Gasteiger charge is 2.21. The number of carbonyl (C=O) groups excluding carboxylic acids is 1. The Bertz CT molecular complexity index is 449. The summed E-state index contributed by atoms with van der Waals surface area (Å²) in [6, 6.07) is 0. The third-order valence-corrected chi connectivity index (χ3v) is 5.60. The van der Waals surface area contributed by atoms with Crippen molar-refractivity contribution in [2.75, 3.05) is 12.8 Å². The normalized spacial score (nSPS) is 10.3. The van der Waals surface area contributed by atoms with Gasteiger partial charge in [-0.3, -0.25) is 4.79 Å². The molecule has 0 bridgehead atoms.